The lowest BCUT2D eigenvalue weighted by Crippen LogP contribution is -2.47. The molecule has 0 aliphatic carbocycles. The summed E-state index contributed by atoms with van der Waals surface area (Å²) in [7, 11) is -2.36. The first-order chi connectivity index (χ1) is 10.1. The number of nitrogens with zero attached hydrogens (tertiary/aromatic N) is 2. The molecule has 122 valence electrons. The molecule has 2 heterocycles. The van der Waals surface area contributed by atoms with Gasteiger partial charge in [0.2, 0.25) is 10.0 Å². The molecular weight excluding hydrogens is 326 g/mol. The van der Waals surface area contributed by atoms with Gasteiger partial charge in [0.15, 0.2) is 0 Å². The predicted octanol–water partition coefficient (Wildman–Crippen LogP) is 2.24. The van der Waals surface area contributed by atoms with Crippen molar-refractivity contribution in [3.8, 4) is 0 Å². The smallest absolute Gasteiger partial charge is 0.245 e. The van der Waals surface area contributed by atoms with Crippen LogP contribution in [0.4, 0.5) is 0 Å². The van der Waals surface area contributed by atoms with Crippen molar-refractivity contribution in [2.75, 3.05) is 13.7 Å². The van der Waals surface area contributed by atoms with Crippen molar-refractivity contribution in [3.63, 3.8) is 0 Å². The van der Waals surface area contributed by atoms with E-state index in [1.165, 1.54) is 23.7 Å². The van der Waals surface area contributed by atoms with E-state index in [0.29, 0.717) is 16.1 Å². The summed E-state index contributed by atoms with van der Waals surface area (Å²) in [5.74, 6) is 0. The molecule has 0 aliphatic heterocycles. The number of aromatic amines is 1. The van der Waals surface area contributed by atoms with Crippen LogP contribution in [0.5, 0.6) is 0 Å². The molecule has 22 heavy (non-hydrogen) atoms. The number of hydrogen-bond acceptors (Lipinski definition) is 4. The van der Waals surface area contributed by atoms with Crippen LogP contribution in [-0.2, 0) is 10.0 Å². The highest BCUT2D eigenvalue weighted by Gasteiger charge is 2.36. The maximum absolute atomic E-state index is 12.9. The monoisotopic (exact) mass is 345 g/mol. The van der Waals surface area contributed by atoms with E-state index in [2.05, 4.69) is 9.97 Å². The zero-order valence-electron chi connectivity index (χ0n) is 13.0. The van der Waals surface area contributed by atoms with Gasteiger partial charge in [-0.25, -0.2) is 13.4 Å². The third-order valence-electron chi connectivity index (χ3n) is 3.76. The molecule has 0 amide bonds. The van der Waals surface area contributed by atoms with E-state index in [1.807, 2.05) is 20.8 Å². The summed E-state index contributed by atoms with van der Waals surface area (Å²) in [6, 6.07) is 0.988. The van der Waals surface area contributed by atoms with Gasteiger partial charge in [0.1, 0.15) is 10.5 Å². The Balaban J connectivity index is 2.58. The Morgan fingerprint density at radius 2 is 2.09 bits per heavy atom. The van der Waals surface area contributed by atoms with Crippen LogP contribution in [0.3, 0.4) is 0 Å². The van der Waals surface area contributed by atoms with E-state index in [1.54, 1.807) is 6.07 Å². The zero-order valence-corrected chi connectivity index (χ0v) is 14.5. The van der Waals surface area contributed by atoms with Gasteiger partial charge in [-0.1, -0.05) is 32.4 Å². The second-order valence-corrected chi connectivity index (χ2v) is 8.63. The average Bonchev–Trinajstić information content (AvgIpc) is 2.83. The minimum absolute atomic E-state index is 0.0609. The fraction of sp³-hybridized carbons (Fsp3) is 0.500. The summed E-state index contributed by atoms with van der Waals surface area (Å²) in [5.41, 5.74) is 0.000782. The number of aliphatic hydroxyl groups is 1. The Morgan fingerprint density at radius 3 is 2.64 bits per heavy atom. The minimum atomic E-state index is -3.82. The first-order valence-electron chi connectivity index (χ1n) is 6.81. The van der Waals surface area contributed by atoms with Crippen molar-refractivity contribution in [2.45, 2.75) is 31.7 Å². The second-order valence-electron chi connectivity index (χ2n) is 6.25. The van der Waals surface area contributed by atoms with Crippen LogP contribution in [0, 0.1) is 5.41 Å². The number of aromatic nitrogens is 2. The van der Waals surface area contributed by atoms with E-state index in [-0.39, 0.29) is 11.5 Å². The number of fused-ring (bicyclic) bond motifs is 1. The van der Waals surface area contributed by atoms with Gasteiger partial charge >= 0.3 is 0 Å². The Kier molecular flexibility index (Phi) is 4.54. The van der Waals surface area contributed by atoms with Crippen molar-refractivity contribution >= 4 is 32.7 Å². The lowest BCUT2D eigenvalue weighted by atomic mass is 9.87. The number of likely N-dealkylation sites (N-methyl/N-ethyl adjacent to an activating group) is 1. The Morgan fingerprint density at radius 1 is 1.45 bits per heavy atom. The summed E-state index contributed by atoms with van der Waals surface area (Å²) in [5, 5.41) is 10.3. The molecule has 0 aliphatic rings. The average molecular weight is 346 g/mol. The molecule has 8 heteroatoms. The molecule has 0 saturated carbocycles. The van der Waals surface area contributed by atoms with E-state index < -0.39 is 21.5 Å². The third-order valence-corrected chi connectivity index (χ3v) is 5.96. The number of sulfonamides is 1. The maximum Gasteiger partial charge on any atom is 0.245 e. The first kappa shape index (κ1) is 17.2. The molecule has 6 nitrogen and oxygen atoms in total. The van der Waals surface area contributed by atoms with Crippen LogP contribution in [0.15, 0.2) is 23.4 Å². The van der Waals surface area contributed by atoms with E-state index in [4.69, 9.17) is 11.6 Å². The lowest BCUT2D eigenvalue weighted by Gasteiger charge is -2.35. The highest BCUT2D eigenvalue weighted by Crippen LogP contribution is 2.33. The second kappa shape index (κ2) is 5.81. The van der Waals surface area contributed by atoms with Crippen LogP contribution in [0.25, 0.3) is 11.0 Å². The van der Waals surface area contributed by atoms with Gasteiger partial charge in [-0.3, -0.25) is 0 Å². The molecule has 1 unspecified atom stereocenters. The molecule has 0 fully saturated rings. The normalized spacial score (nSPS) is 14.7. The largest absolute Gasteiger partial charge is 0.395 e. The highest BCUT2D eigenvalue weighted by molar-refractivity contribution is 7.89. The predicted molar refractivity (Wildman–Crippen MR) is 86.4 cm³/mol. The van der Waals surface area contributed by atoms with Crippen LogP contribution in [0.2, 0.25) is 5.02 Å². The van der Waals surface area contributed by atoms with Crippen LogP contribution in [-0.4, -0.2) is 47.5 Å². The van der Waals surface area contributed by atoms with Crippen LogP contribution in [0.1, 0.15) is 20.8 Å². The summed E-state index contributed by atoms with van der Waals surface area (Å²) in [6.45, 7) is 5.37. The van der Waals surface area contributed by atoms with Crippen molar-refractivity contribution in [2.24, 2.45) is 5.41 Å². The van der Waals surface area contributed by atoms with Crippen molar-refractivity contribution < 1.29 is 13.5 Å². The topological polar surface area (TPSA) is 86.3 Å². The summed E-state index contributed by atoms with van der Waals surface area (Å²) < 4.78 is 27.0. The third kappa shape index (κ3) is 2.86. The number of pyridine rings is 1. The SMILES string of the molecule is CN(C(CO)C(C)(C)C)S(=O)(=O)c1c[nH]c2nccc(Cl)c12. The fourth-order valence-electron chi connectivity index (χ4n) is 2.45. The summed E-state index contributed by atoms with van der Waals surface area (Å²) in [4.78, 5) is 6.96. The number of aliphatic hydroxyl groups excluding tert-OH is 1. The molecule has 0 spiro atoms. The van der Waals surface area contributed by atoms with E-state index in [0.717, 1.165) is 0 Å². The van der Waals surface area contributed by atoms with Crippen molar-refractivity contribution in [1.82, 2.24) is 14.3 Å². The first-order valence-corrected chi connectivity index (χ1v) is 8.63. The summed E-state index contributed by atoms with van der Waals surface area (Å²) in [6.07, 6.45) is 2.89. The molecular formula is C14H20ClN3O3S. The molecule has 2 N–H and O–H groups in total. The van der Waals surface area contributed by atoms with Gasteiger partial charge in [0, 0.05) is 19.4 Å². The number of hydrogen-bond donors (Lipinski definition) is 2. The minimum Gasteiger partial charge on any atom is -0.395 e. The summed E-state index contributed by atoms with van der Waals surface area (Å²) >= 11 is 6.13. The highest BCUT2D eigenvalue weighted by atomic mass is 35.5. The number of H-pyrrole nitrogens is 1. The van der Waals surface area contributed by atoms with Crippen molar-refractivity contribution in [1.29, 1.82) is 0 Å². The van der Waals surface area contributed by atoms with Gasteiger partial charge in [0.05, 0.1) is 23.1 Å². The van der Waals surface area contributed by atoms with Gasteiger partial charge < -0.3 is 10.1 Å². The number of nitrogens with one attached hydrogen (secondary N) is 1. The molecule has 1 atom stereocenters. The molecule has 2 rings (SSSR count). The van der Waals surface area contributed by atoms with Gasteiger partial charge in [0.25, 0.3) is 0 Å². The fourth-order valence-corrected chi connectivity index (χ4v) is 4.45. The van der Waals surface area contributed by atoms with Crippen LogP contribution < -0.4 is 0 Å². The Bertz CT molecular complexity index is 780. The molecule has 0 aromatic carbocycles. The zero-order chi connectivity index (χ0) is 16.7. The molecule has 0 saturated heterocycles. The molecule has 2 aromatic heterocycles. The standard InChI is InChI=1S/C14H20ClN3O3S/c1-14(2,3)11(8-19)18(4)22(20,21)10-7-17-13-12(10)9(15)5-6-16-13/h5-7,11,19H,8H2,1-4H3,(H,16,17). The molecule has 0 bridgehead atoms. The Labute approximate surface area is 135 Å². The van der Waals surface area contributed by atoms with Gasteiger partial charge in [-0.05, 0) is 11.5 Å². The number of halogens is 1. The lowest BCUT2D eigenvalue weighted by molar-refractivity contribution is 0.115. The van der Waals surface area contributed by atoms with Crippen LogP contribution >= 0.6 is 11.6 Å². The maximum atomic E-state index is 12.9. The van der Waals surface area contributed by atoms with E-state index >= 15 is 0 Å². The van der Waals surface area contributed by atoms with Crippen molar-refractivity contribution in [3.05, 3.63) is 23.5 Å². The number of rotatable bonds is 4. The Hall–Kier alpha value is -1.15. The van der Waals surface area contributed by atoms with Gasteiger partial charge in [-0.15, -0.1) is 0 Å². The van der Waals surface area contributed by atoms with E-state index in [9.17, 15) is 13.5 Å². The quantitative estimate of drug-likeness (QED) is 0.889. The molecule has 2 aromatic rings. The molecule has 0 radical (unpaired) electrons. The van der Waals surface area contributed by atoms with Gasteiger partial charge in [-0.2, -0.15) is 4.31 Å².